The van der Waals surface area contributed by atoms with E-state index >= 15 is 0 Å². The average Bonchev–Trinajstić information content (AvgIpc) is 2.47. The minimum absolute atomic E-state index is 0.667. The van der Waals surface area contributed by atoms with Crippen molar-refractivity contribution in [2.45, 2.75) is 13.8 Å². The summed E-state index contributed by atoms with van der Waals surface area (Å²) < 4.78 is 0. The van der Waals surface area contributed by atoms with Gasteiger partial charge in [0.2, 0.25) is 0 Å². The number of hydrogen-bond donors (Lipinski definition) is 0. The molecule has 1 aliphatic rings. The zero-order valence-electron chi connectivity index (χ0n) is 12.6. The molecular formula is C17H18N4. The Balaban J connectivity index is 2.19. The number of hydrogen-bond acceptors (Lipinski definition) is 4. The Labute approximate surface area is 125 Å². The number of fused-ring (bicyclic) bond motifs is 1. The molecule has 0 aliphatic carbocycles. The molecule has 1 aromatic heterocycles. The lowest BCUT2D eigenvalue weighted by Gasteiger charge is -2.36. The second kappa shape index (κ2) is 5.10. The standard InChI is InChI=1S/C17H18N4/c1-12-10-13(2)19-17(14(12)11-18)21-9-8-20(3)15-6-4-5-7-16(15)21/h4-7,10H,8-9H2,1-3H3. The molecule has 2 heterocycles. The zero-order valence-corrected chi connectivity index (χ0v) is 12.6. The molecule has 4 nitrogen and oxygen atoms in total. The molecule has 0 saturated carbocycles. The highest BCUT2D eigenvalue weighted by atomic mass is 15.3. The van der Waals surface area contributed by atoms with Gasteiger partial charge in [0.25, 0.3) is 0 Å². The predicted molar refractivity (Wildman–Crippen MR) is 85.1 cm³/mol. The summed E-state index contributed by atoms with van der Waals surface area (Å²) in [7, 11) is 2.09. The van der Waals surface area contributed by atoms with Crippen LogP contribution in [0.2, 0.25) is 0 Å². The maximum absolute atomic E-state index is 9.49. The summed E-state index contributed by atoms with van der Waals surface area (Å²) in [6, 6.07) is 12.5. The first-order valence-corrected chi connectivity index (χ1v) is 7.08. The van der Waals surface area contributed by atoms with Gasteiger partial charge in [0, 0.05) is 25.8 Å². The summed E-state index contributed by atoms with van der Waals surface area (Å²) >= 11 is 0. The molecule has 0 fully saturated rings. The number of para-hydroxylation sites is 2. The Morgan fingerprint density at radius 1 is 1.14 bits per heavy atom. The summed E-state index contributed by atoms with van der Waals surface area (Å²) in [5.74, 6) is 0.774. The normalized spacial score (nSPS) is 13.8. The smallest absolute Gasteiger partial charge is 0.151 e. The molecule has 0 atom stereocenters. The van der Waals surface area contributed by atoms with E-state index in [1.807, 2.05) is 32.0 Å². The largest absolute Gasteiger partial charge is 0.371 e. The molecule has 21 heavy (non-hydrogen) atoms. The summed E-state index contributed by atoms with van der Waals surface area (Å²) in [6.07, 6.45) is 0. The van der Waals surface area contributed by atoms with Crippen LogP contribution in [0.1, 0.15) is 16.8 Å². The highest BCUT2D eigenvalue weighted by molar-refractivity contribution is 5.80. The van der Waals surface area contributed by atoms with Gasteiger partial charge < -0.3 is 9.80 Å². The average molecular weight is 278 g/mol. The fourth-order valence-electron chi connectivity index (χ4n) is 2.88. The monoisotopic (exact) mass is 278 g/mol. The lowest BCUT2D eigenvalue weighted by atomic mass is 10.1. The maximum Gasteiger partial charge on any atom is 0.151 e. The quantitative estimate of drug-likeness (QED) is 0.803. The Kier molecular flexibility index (Phi) is 3.26. The summed E-state index contributed by atoms with van der Waals surface area (Å²) in [6.45, 7) is 5.69. The number of aromatic nitrogens is 1. The number of aryl methyl sites for hydroxylation is 2. The van der Waals surface area contributed by atoms with Crippen molar-refractivity contribution in [2.24, 2.45) is 0 Å². The first-order chi connectivity index (χ1) is 10.1. The minimum Gasteiger partial charge on any atom is -0.371 e. The topological polar surface area (TPSA) is 43.2 Å². The van der Waals surface area contributed by atoms with E-state index in [-0.39, 0.29) is 0 Å². The zero-order chi connectivity index (χ0) is 15.0. The van der Waals surface area contributed by atoms with Gasteiger partial charge in [-0.1, -0.05) is 12.1 Å². The molecule has 0 bridgehead atoms. The second-order valence-electron chi connectivity index (χ2n) is 5.45. The molecule has 3 rings (SSSR count). The molecule has 1 aliphatic heterocycles. The van der Waals surface area contributed by atoms with Gasteiger partial charge in [-0.15, -0.1) is 0 Å². The minimum atomic E-state index is 0.667. The third-order valence-corrected chi connectivity index (χ3v) is 3.94. The highest BCUT2D eigenvalue weighted by Gasteiger charge is 2.24. The second-order valence-corrected chi connectivity index (χ2v) is 5.45. The molecule has 0 unspecified atom stereocenters. The van der Waals surface area contributed by atoms with Gasteiger partial charge in [-0.25, -0.2) is 4.98 Å². The van der Waals surface area contributed by atoms with Gasteiger partial charge in [0.05, 0.1) is 16.9 Å². The van der Waals surface area contributed by atoms with Crippen molar-refractivity contribution in [1.29, 1.82) is 5.26 Å². The van der Waals surface area contributed by atoms with Crippen LogP contribution in [0.3, 0.4) is 0 Å². The fourth-order valence-corrected chi connectivity index (χ4v) is 2.88. The third kappa shape index (κ3) is 2.21. The van der Waals surface area contributed by atoms with E-state index in [4.69, 9.17) is 0 Å². The van der Waals surface area contributed by atoms with Gasteiger partial charge in [-0.2, -0.15) is 5.26 Å². The summed E-state index contributed by atoms with van der Waals surface area (Å²) in [4.78, 5) is 9.03. The first kappa shape index (κ1) is 13.4. The van der Waals surface area contributed by atoms with Gasteiger partial charge in [-0.05, 0) is 37.6 Å². The van der Waals surface area contributed by atoms with Crippen molar-refractivity contribution in [2.75, 3.05) is 29.9 Å². The van der Waals surface area contributed by atoms with E-state index in [0.717, 1.165) is 35.9 Å². The molecular weight excluding hydrogens is 260 g/mol. The van der Waals surface area contributed by atoms with Crippen LogP contribution in [-0.4, -0.2) is 25.1 Å². The predicted octanol–water partition coefficient (Wildman–Crippen LogP) is 3.16. The Bertz CT molecular complexity index is 730. The van der Waals surface area contributed by atoms with Crippen molar-refractivity contribution in [1.82, 2.24) is 4.98 Å². The van der Waals surface area contributed by atoms with Crippen LogP contribution < -0.4 is 9.80 Å². The first-order valence-electron chi connectivity index (χ1n) is 7.08. The van der Waals surface area contributed by atoms with Gasteiger partial charge >= 0.3 is 0 Å². The van der Waals surface area contributed by atoms with E-state index in [1.165, 1.54) is 5.69 Å². The molecule has 0 N–H and O–H groups in total. The van der Waals surface area contributed by atoms with Gasteiger partial charge in [0.1, 0.15) is 6.07 Å². The number of nitriles is 1. The molecule has 0 radical (unpaired) electrons. The van der Waals surface area contributed by atoms with Crippen LogP contribution in [0, 0.1) is 25.2 Å². The van der Waals surface area contributed by atoms with Crippen LogP contribution in [0.4, 0.5) is 17.2 Å². The Morgan fingerprint density at radius 2 is 1.86 bits per heavy atom. The third-order valence-electron chi connectivity index (χ3n) is 3.94. The molecule has 1 aromatic carbocycles. The highest BCUT2D eigenvalue weighted by Crippen LogP contribution is 2.37. The molecule has 4 heteroatoms. The van der Waals surface area contributed by atoms with E-state index in [1.54, 1.807) is 0 Å². The number of nitrogens with zero attached hydrogens (tertiary/aromatic N) is 4. The number of rotatable bonds is 1. The lowest BCUT2D eigenvalue weighted by molar-refractivity contribution is 0.810. The van der Waals surface area contributed by atoms with Crippen LogP contribution >= 0.6 is 0 Å². The SMILES string of the molecule is Cc1cc(C)c(C#N)c(N2CCN(C)c3ccccc32)n1. The number of benzene rings is 1. The number of likely N-dealkylation sites (N-methyl/N-ethyl adjacent to an activating group) is 1. The number of pyridine rings is 1. The van der Waals surface area contributed by atoms with E-state index in [2.05, 4.69) is 40.0 Å². The summed E-state index contributed by atoms with van der Waals surface area (Å²) in [5.41, 5.74) is 4.88. The fraction of sp³-hybridized carbons (Fsp3) is 0.294. The molecule has 2 aromatic rings. The van der Waals surface area contributed by atoms with Crippen LogP contribution in [0.15, 0.2) is 30.3 Å². The molecule has 0 spiro atoms. The maximum atomic E-state index is 9.49. The Morgan fingerprint density at radius 3 is 2.57 bits per heavy atom. The van der Waals surface area contributed by atoms with Crippen molar-refractivity contribution in [3.8, 4) is 6.07 Å². The van der Waals surface area contributed by atoms with Crippen LogP contribution in [-0.2, 0) is 0 Å². The number of anilines is 3. The molecule has 0 amide bonds. The van der Waals surface area contributed by atoms with Crippen LogP contribution in [0.5, 0.6) is 0 Å². The van der Waals surface area contributed by atoms with Crippen molar-refractivity contribution < 1.29 is 0 Å². The van der Waals surface area contributed by atoms with Gasteiger partial charge in [-0.3, -0.25) is 0 Å². The molecule has 106 valence electrons. The lowest BCUT2D eigenvalue weighted by Crippen LogP contribution is -2.37. The van der Waals surface area contributed by atoms with Crippen molar-refractivity contribution in [3.63, 3.8) is 0 Å². The van der Waals surface area contributed by atoms with Gasteiger partial charge in [0.15, 0.2) is 5.82 Å². The molecule has 0 saturated heterocycles. The van der Waals surface area contributed by atoms with E-state index in [9.17, 15) is 5.26 Å². The summed E-state index contributed by atoms with van der Waals surface area (Å²) in [5, 5.41) is 9.49. The Hall–Kier alpha value is -2.54. The van der Waals surface area contributed by atoms with Crippen LogP contribution in [0.25, 0.3) is 0 Å². The van der Waals surface area contributed by atoms with E-state index in [0.29, 0.717) is 5.56 Å². The van der Waals surface area contributed by atoms with E-state index < -0.39 is 0 Å². The van der Waals surface area contributed by atoms with Crippen molar-refractivity contribution >= 4 is 17.2 Å². The van der Waals surface area contributed by atoms with Crippen molar-refractivity contribution in [3.05, 3.63) is 47.2 Å².